The predicted molar refractivity (Wildman–Crippen MR) is 114 cm³/mol. The van der Waals surface area contributed by atoms with Gasteiger partial charge in [-0.3, -0.25) is 19.1 Å². The van der Waals surface area contributed by atoms with Gasteiger partial charge in [-0.15, -0.1) is 0 Å². The van der Waals surface area contributed by atoms with Crippen LogP contribution in [0.25, 0.3) is 0 Å². The minimum absolute atomic E-state index is 0.0618. The van der Waals surface area contributed by atoms with Gasteiger partial charge in [0.15, 0.2) is 5.82 Å². The molecule has 7 nitrogen and oxygen atoms in total. The molecule has 1 atom stereocenters. The summed E-state index contributed by atoms with van der Waals surface area (Å²) in [7, 11) is 0. The summed E-state index contributed by atoms with van der Waals surface area (Å²) in [6.45, 7) is 7.51. The van der Waals surface area contributed by atoms with E-state index in [1.165, 1.54) is 21.4 Å². The summed E-state index contributed by atoms with van der Waals surface area (Å²) in [5, 5.41) is 4.54. The topological polar surface area (TPSA) is 69.4 Å². The van der Waals surface area contributed by atoms with Gasteiger partial charge < -0.3 is 4.74 Å². The van der Waals surface area contributed by atoms with E-state index in [-0.39, 0.29) is 6.04 Å². The molecule has 1 aliphatic carbocycles. The number of aryl methyl sites for hydroxylation is 2. The van der Waals surface area contributed by atoms with Gasteiger partial charge in [-0.25, -0.2) is 4.68 Å². The lowest BCUT2D eigenvalue weighted by atomic mass is 10.0. The van der Waals surface area contributed by atoms with Gasteiger partial charge in [-0.05, 0) is 38.7 Å². The minimum Gasteiger partial charge on any atom is -0.364 e. The zero-order valence-corrected chi connectivity index (χ0v) is 17.9. The van der Waals surface area contributed by atoms with Crippen molar-refractivity contribution in [2.24, 2.45) is 0 Å². The zero-order chi connectivity index (χ0) is 20.9. The number of likely N-dealkylation sites (tertiary alicyclic amines) is 1. The summed E-state index contributed by atoms with van der Waals surface area (Å²) in [6, 6.07) is 6.71. The first-order valence-corrected chi connectivity index (χ1v) is 11.1. The third-order valence-electron chi connectivity index (χ3n) is 6.88. The molecule has 5 rings (SSSR count). The highest BCUT2D eigenvalue weighted by Crippen LogP contribution is 2.32. The predicted octanol–water partition coefficient (Wildman–Crippen LogP) is 2.31. The molecule has 2 aromatic rings. The van der Waals surface area contributed by atoms with Crippen molar-refractivity contribution in [3.8, 4) is 0 Å². The molecule has 0 unspecified atom stereocenters. The zero-order valence-electron chi connectivity index (χ0n) is 17.9. The Bertz CT molecular complexity index is 1060. The van der Waals surface area contributed by atoms with Crippen molar-refractivity contribution in [3.05, 3.63) is 61.4 Å². The van der Waals surface area contributed by atoms with E-state index < -0.39 is 16.7 Å². The number of fused-ring (bicyclic) bond motifs is 1. The molecule has 2 fully saturated rings. The molecule has 160 valence electrons. The van der Waals surface area contributed by atoms with E-state index in [4.69, 9.17) is 4.74 Å². The van der Waals surface area contributed by atoms with E-state index in [1.807, 2.05) is 0 Å². The van der Waals surface area contributed by atoms with E-state index in [0.29, 0.717) is 19.0 Å². The second-order valence-electron chi connectivity index (χ2n) is 9.42. The molecule has 1 aromatic heterocycles. The highest BCUT2D eigenvalue weighted by molar-refractivity contribution is 5.28. The molecule has 3 heterocycles. The van der Waals surface area contributed by atoms with Gasteiger partial charge in [0.1, 0.15) is 12.2 Å². The first-order valence-electron chi connectivity index (χ1n) is 11.1. The SMILES string of the molecule is Cc1cc(C)cc(CN2CC[C@]3(C2)Cn2c(nn(C4CCCC4)c(=O)c2=O)CO3)c1. The molecule has 1 aromatic carbocycles. The summed E-state index contributed by atoms with van der Waals surface area (Å²) in [6.07, 6.45) is 4.89. The number of hydrogen-bond donors (Lipinski definition) is 0. The van der Waals surface area contributed by atoms with E-state index in [1.54, 1.807) is 4.57 Å². The fraction of sp³-hybridized carbons (Fsp3) is 0.609. The van der Waals surface area contributed by atoms with Crippen LogP contribution in [0.3, 0.4) is 0 Å². The molecule has 0 bridgehead atoms. The van der Waals surface area contributed by atoms with E-state index in [9.17, 15) is 9.59 Å². The molecule has 7 heteroatoms. The van der Waals surface area contributed by atoms with Crippen LogP contribution in [-0.2, 0) is 24.4 Å². The number of aromatic nitrogens is 3. The molecule has 30 heavy (non-hydrogen) atoms. The average Bonchev–Trinajstić information content (AvgIpc) is 3.35. The molecular formula is C23H30N4O3. The Kier molecular flexibility index (Phi) is 4.90. The second kappa shape index (κ2) is 7.46. The first kappa shape index (κ1) is 19.7. The van der Waals surface area contributed by atoms with Crippen molar-refractivity contribution in [2.45, 2.75) is 77.3 Å². The fourth-order valence-corrected chi connectivity index (χ4v) is 5.50. The summed E-state index contributed by atoms with van der Waals surface area (Å²) in [5.74, 6) is 0.588. The summed E-state index contributed by atoms with van der Waals surface area (Å²) < 4.78 is 9.32. The number of ether oxygens (including phenoxy) is 1. The first-order chi connectivity index (χ1) is 14.4. The van der Waals surface area contributed by atoms with Gasteiger partial charge in [0.2, 0.25) is 0 Å². The Hall–Kier alpha value is -2.25. The Morgan fingerprint density at radius 2 is 1.80 bits per heavy atom. The van der Waals surface area contributed by atoms with Crippen molar-refractivity contribution < 1.29 is 4.74 Å². The van der Waals surface area contributed by atoms with E-state index in [0.717, 1.165) is 51.7 Å². The molecule has 0 amide bonds. The Labute approximate surface area is 176 Å². The van der Waals surface area contributed by atoms with Gasteiger partial charge in [0.25, 0.3) is 0 Å². The molecular weight excluding hydrogens is 380 g/mol. The summed E-state index contributed by atoms with van der Waals surface area (Å²) in [5.41, 5.74) is 2.52. The van der Waals surface area contributed by atoms with Gasteiger partial charge >= 0.3 is 11.1 Å². The quantitative estimate of drug-likeness (QED) is 0.727. The molecule has 0 radical (unpaired) electrons. The Balaban J connectivity index is 1.36. The Morgan fingerprint density at radius 1 is 1.07 bits per heavy atom. The third-order valence-corrected chi connectivity index (χ3v) is 6.88. The molecule has 0 N–H and O–H groups in total. The molecule has 3 aliphatic rings. The van der Waals surface area contributed by atoms with Crippen LogP contribution in [0.4, 0.5) is 0 Å². The van der Waals surface area contributed by atoms with Crippen molar-refractivity contribution in [1.82, 2.24) is 19.2 Å². The standard InChI is InChI=1S/C23H30N4O3/c1-16-9-17(2)11-18(10-16)12-25-8-7-23(14-25)15-26-20(13-30-23)24-27(22(29)21(26)28)19-5-3-4-6-19/h9-11,19H,3-8,12-15H2,1-2H3/t23-/m0/s1. The van der Waals surface area contributed by atoms with Crippen molar-refractivity contribution >= 4 is 0 Å². The van der Waals surface area contributed by atoms with Crippen LogP contribution < -0.4 is 11.1 Å². The van der Waals surface area contributed by atoms with Crippen LogP contribution >= 0.6 is 0 Å². The van der Waals surface area contributed by atoms with Crippen LogP contribution in [0.1, 0.15) is 60.7 Å². The number of nitrogens with zero attached hydrogens (tertiary/aromatic N) is 4. The van der Waals surface area contributed by atoms with Crippen LogP contribution in [0.15, 0.2) is 27.8 Å². The monoisotopic (exact) mass is 410 g/mol. The van der Waals surface area contributed by atoms with Crippen LogP contribution in [0.5, 0.6) is 0 Å². The van der Waals surface area contributed by atoms with Crippen molar-refractivity contribution in [1.29, 1.82) is 0 Å². The number of hydrogen-bond acceptors (Lipinski definition) is 5. The lowest BCUT2D eigenvalue weighted by Crippen LogP contribution is -2.53. The van der Waals surface area contributed by atoms with Crippen LogP contribution in [-0.4, -0.2) is 37.9 Å². The smallest absolute Gasteiger partial charge is 0.332 e. The molecule has 1 saturated carbocycles. The van der Waals surface area contributed by atoms with Crippen molar-refractivity contribution in [3.63, 3.8) is 0 Å². The summed E-state index contributed by atoms with van der Waals surface area (Å²) >= 11 is 0. The fourth-order valence-electron chi connectivity index (χ4n) is 5.50. The van der Waals surface area contributed by atoms with Gasteiger partial charge in [-0.1, -0.05) is 42.2 Å². The van der Waals surface area contributed by atoms with Gasteiger partial charge in [-0.2, -0.15) is 5.10 Å². The molecule has 2 aliphatic heterocycles. The molecule has 1 saturated heterocycles. The van der Waals surface area contributed by atoms with E-state index >= 15 is 0 Å². The van der Waals surface area contributed by atoms with E-state index in [2.05, 4.69) is 42.0 Å². The number of rotatable bonds is 3. The average molecular weight is 411 g/mol. The third kappa shape index (κ3) is 3.54. The lowest BCUT2D eigenvalue weighted by Gasteiger charge is -2.35. The highest BCUT2D eigenvalue weighted by Gasteiger charge is 2.43. The largest absolute Gasteiger partial charge is 0.364 e. The van der Waals surface area contributed by atoms with Crippen LogP contribution in [0.2, 0.25) is 0 Å². The summed E-state index contributed by atoms with van der Waals surface area (Å²) in [4.78, 5) is 28.0. The number of benzene rings is 1. The maximum Gasteiger partial charge on any atom is 0.332 e. The van der Waals surface area contributed by atoms with Crippen LogP contribution in [0, 0.1) is 13.8 Å². The minimum atomic E-state index is -0.479. The maximum absolute atomic E-state index is 12.9. The van der Waals surface area contributed by atoms with Gasteiger partial charge in [0.05, 0.1) is 12.6 Å². The Morgan fingerprint density at radius 3 is 2.53 bits per heavy atom. The second-order valence-corrected chi connectivity index (χ2v) is 9.42. The highest BCUT2D eigenvalue weighted by atomic mass is 16.5. The van der Waals surface area contributed by atoms with Gasteiger partial charge in [0, 0.05) is 19.6 Å². The molecule has 1 spiro atoms. The normalized spacial score (nSPS) is 24.6. The lowest BCUT2D eigenvalue weighted by molar-refractivity contribution is -0.0860. The van der Waals surface area contributed by atoms with Crippen molar-refractivity contribution in [2.75, 3.05) is 13.1 Å². The maximum atomic E-state index is 12.9.